The number of benzene rings is 1. The number of amides is 2. The highest BCUT2D eigenvalue weighted by Crippen LogP contribution is 2.12. The number of carbonyl (C=O) groups is 3. The van der Waals surface area contributed by atoms with Crippen LogP contribution >= 0.6 is 11.3 Å². The van der Waals surface area contributed by atoms with E-state index in [0.29, 0.717) is 11.4 Å². The highest BCUT2D eigenvalue weighted by molar-refractivity contribution is 7.12. The van der Waals surface area contributed by atoms with Gasteiger partial charge >= 0.3 is 0 Å². The maximum atomic E-state index is 11.8. The van der Waals surface area contributed by atoms with Crippen molar-refractivity contribution in [3.63, 3.8) is 0 Å². The molecule has 2 N–H and O–H groups in total. The monoisotopic (exact) mass is 358 g/mol. The summed E-state index contributed by atoms with van der Waals surface area (Å²) < 4.78 is 0. The summed E-state index contributed by atoms with van der Waals surface area (Å²) in [6.07, 6.45) is 1.35. The summed E-state index contributed by atoms with van der Waals surface area (Å²) in [6, 6.07) is 13.5. The van der Waals surface area contributed by atoms with Gasteiger partial charge in [-0.25, -0.2) is 0 Å². The van der Waals surface area contributed by atoms with Gasteiger partial charge in [-0.2, -0.15) is 0 Å². The molecule has 0 saturated carbocycles. The Morgan fingerprint density at radius 1 is 0.800 bits per heavy atom. The Kier molecular flexibility index (Phi) is 7.85. The Bertz CT molecular complexity index is 684. The second kappa shape index (κ2) is 10.4. The second-order valence-electron chi connectivity index (χ2n) is 5.59. The second-order valence-corrected chi connectivity index (χ2v) is 6.53. The molecule has 0 aliphatic heterocycles. The first-order valence-electron chi connectivity index (χ1n) is 8.29. The van der Waals surface area contributed by atoms with E-state index in [-0.39, 0.29) is 43.4 Å². The fraction of sp³-hybridized carbons (Fsp3) is 0.316. The van der Waals surface area contributed by atoms with Gasteiger partial charge in [0.2, 0.25) is 11.8 Å². The van der Waals surface area contributed by atoms with Crippen molar-refractivity contribution >= 4 is 28.9 Å². The van der Waals surface area contributed by atoms with E-state index in [2.05, 4.69) is 10.6 Å². The lowest BCUT2D eigenvalue weighted by Crippen LogP contribution is -2.31. The van der Waals surface area contributed by atoms with E-state index in [9.17, 15) is 14.4 Å². The van der Waals surface area contributed by atoms with Crippen molar-refractivity contribution in [1.82, 2.24) is 10.6 Å². The van der Waals surface area contributed by atoms with Gasteiger partial charge in [-0.15, -0.1) is 11.3 Å². The summed E-state index contributed by atoms with van der Waals surface area (Å²) in [4.78, 5) is 35.9. The average Bonchev–Trinajstić information content (AvgIpc) is 3.15. The van der Waals surface area contributed by atoms with Crippen LogP contribution in [0.15, 0.2) is 47.8 Å². The van der Waals surface area contributed by atoms with Crippen LogP contribution in [-0.4, -0.2) is 30.7 Å². The molecule has 1 aromatic heterocycles. The molecule has 5 nitrogen and oxygen atoms in total. The minimum atomic E-state index is -0.206. The fourth-order valence-corrected chi connectivity index (χ4v) is 2.97. The van der Waals surface area contributed by atoms with Gasteiger partial charge in [0.25, 0.3) is 0 Å². The lowest BCUT2D eigenvalue weighted by Gasteiger charge is -2.07. The molecule has 0 fully saturated rings. The summed E-state index contributed by atoms with van der Waals surface area (Å²) in [5.41, 5.74) is 1.17. The molecule has 0 aliphatic carbocycles. The minimum absolute atomic E-state index is 0.0243. The van der Waals surface area contributed by atoms with Crippen LogP contribution in [0.25, 0.3) is 0 Å². The van der Waals surface area contributed by atoms with Gasteiger partial charge in [0.1, 0.15) is 0 Å². The number of Topliss-reactive ketones (excluding diaryl/α,β-unsaturated/α-hetero) is 1. The zero-order valence-corrected chi connectivity index (χ0v) is 14.8. The Labute approximate surface area is 151 Å². The summed E-state index contributed by atoms with van der Waals surface area (Å²) in [5.74, 6) is -0.323. The van der Waals surface area contributed by atoms with Crippen molar-refractivity contribution in [2.24, 2.45) is 0 Å². The number of carbonyl (C=O) groups excluding carboxylic acids is 3. The first-order chi connectivity index (χ1) is 12.1. The summed E-state index contributed by atoms with van der Waals surface area (Å²) >= 11 is 1.38. The smallest absolute Gasteiger partial charge is 0.221 e. The van der Waals surface area contributed by atoms with Crippen molar-refractivity contribution in [2.75, 3.05) is 13.1 Å². The zero-order valence-electron chi connectivity index (χ0n) is 14.0. The lowest BCUT2D eigenvalue weighted by atomic mass is 10.1. The van der Waals surface area contributed by atoms with Crippen LogP contribution in [0.1, 0.15) is 34.5 Å². The van der Waals surface area contributed by atoms with E-state index in [1.54, 1.807) is 6.07 Å². The molecule has 1 heterocycles. The van der Waals surface area contributed by atoms with Gasteiger partial charge in [0.05, 0.1) is 4.88 Å². The molecule has 2 rings (SSSR count). The Morgan fingerprint density at radius 2 is 1.52 bits per heavy atom. The van der Waals surface area contributed by atoms with E-state index in [4.69, 9.17) is 0 Å². The van der Waals surface area contributed by atoms with Crippen LogP contribution in [0.3, 0.4) is 0 Å². The first kappa shape index (κ1) is 18.9. The molecule has 0 radical (unpaired) electrons. The van der Waals surface area contributed by atoms with Crippen LogP contribution in [0.2, 0.25) is 0 Å². The number of hydrogen-bond donors (Lipinski definition) is 2. The van der Waals surface area contributed by atoms with E-state index < -0.39 is 0 Å². The van der Waals surface area contributed by atoms with E-state index in [1.807, 2.05) is 41.8 Å². The third-order valence-corrected chi connectivity index (χ3v) is 4.54. The lowest BCUT2D eigenvalue weighted by molar-refractivity contribution is -0.122. The van der Waals surface area contributed by atoms with Crippen LogP contribution in [0, 0.1) is 0 Å². The Hall–Kier alpha value is -2.47. The van der Waals surface area contributed by atoms with Crippen LogP contribution in [-0.2, 0) is 16.0 Å². The largest absolute Gasteiger partial charge is 0.356 e. The Balaban J connectivity index is 1.53. The number of rotatable bonds is 10. The van der Waals surface area contributed by atoms with Crippen molar-refractivity contribution < 1.29 is 14.4 Å². The molecule has 0 saturated heterocycles. The summed E-state index contributed by atoms with van der Waals surface area (Å²) in [7, 11) is 0. The van der Waals surface area contributed by atoms with Crippen LogP contribution in [0.4, 0.5) is 0 Å². The van der Waals surface area contributed by atoms with Gasteiger partial charge in [0, 0.05) is 32.4 Å². The van der Waals surface area contributed by atoms with Gasteiger partial charge in [0.15, 0.2) is 5.78 Å². The predicted molar refractivity (Wildman–Crippen MR) is 98.7 cm³/mol. The Morgan fingerprint density at radius 3 is 2.24 bits per heavy atom. The molecule has 25 heavy (non-hydrogen) atoms. The van der Waals surface area contributed by atoms with Gasteiger partial charge in [-0.1, -0.05) is 36.4 Å². The molecule has 0 bridgehead atoms. The molecule has 0 spiro atoms. The summed E-state index contributed by atoms with van der Waals surface area (Å²) in [6.45, 7) is 0.856. The van der Waals surface area contributed by atoms with Gasteiger partial charge in [-0.05, 0) is 23.4 Å². The van der Waals surface area contributed by atoms with Crippen LogP contribution < -0.4 is 10.6 Å². The van der Waals surface area contributed by atoms with Crippen molar-refractivity contribution in [1.29, 1.82) is 0 Å². The molecule has 2 aromatic rings. The standard InChI is InChI=1S/C19H22N2O3S/c22-16(17-7-4-14-25-17)8-9-18(23)21-13-11-19(24)20-12-10-15-5-2-1-3-6-15/h1-7,14H,8-13H2,(H,20,24)(H,21,23). The van der Waals surface area contributed by atoms with Crippen LogP contribution in [0.5, 0.6) is 0 Å². The number of thiophene rings is 1. The normalized spacial score (nSPS) is 10.2. The molecular formula is C19H22N2O3S. The van der Waals surface area contributed by atoms with Crippen molar-refractivity contribution in [3.05, 3.63) is 58.3 Å². The van der Waals surface area contributed by atoms with Crippen molar-refractivity contribution in [2.45, 2.75) is 25.7 Å². The van der Waals surface area contributed by atoms with E-state index in [1.165, 1.54) is 16.9 Å². The van der Waals surface area contributed by atoms with E-state index in [0.717, 1.165) is 6.42 Å². The molecule has 2 amide bonds. The highest BCUT2D eigenvalue weighted by Gasteiger charge is 2.10. The summed E-state index contributed by atoms with van der Waals surface area (Å²) in [5, 5.41) is 7.34. The topological polar surface area (TPSA) is 75.3 Å². The number of hydrogen-bond acceptors (Lipinski definition) is 4. The predicted octanol–water partition coefficient (Wildman–Crippen LogP) is 2.58. The number of ketones is 1. The minimum Gasteiger partial charge on any atom is -0.356 e. The van der Waals surface area contributed by atoms with Gasteiger partial charge < -0.3 is 10.6 Å². The zero-order chi connectivity index (χ0) is 17.9. The quantitative estimate of drug-likeness (QED) is 0.641. The van der Waals surface area contributed by atoms with Crippen molar-refractivity contribution in [3.8, 4) is 0 Å². The third-order valence-electron chi connectivity index (χ3n) is 3.63. The van der Waals surface area contributed by atoms with E-state index >= 15 is 0 Å². The third kappa shape index (κ3) is 7.30. The molecule has 6 heteroatoms. The fourth-order valence-electron chi connectivity index (χ4n) is 2.27. The molecule has 0 atom stereocenters. The maximum Gasteiger partial charge on any atom is 0.221 e. The maximum absolute atomic E-state index is 11.8. The molecular weight excluding hydrogens is 336 g/mol. The SMILES string of the molecule is O=C(CCNC(=O)CCC(=O)c1cccs1)NCCc1ccccc1. The first-order valence-corrected chi connectivity index (χ1v) is 9.17. The number of nitrogens with one attached hydrogen (secondary N) is 2. The highest BCUT2D eigenvalue weighted by atomic mass is 32.1. The molecule has 0 aliphatic rings. The molecule has 1 aromatic carbocycles. The van der Waals surface area contributed by atoms with Gasteiger partial charge in [-0.3, -0.25) is 14.4 Å². The molecule has 0 unspecified atom stereocenters. The molecule has 132 valence electrons. The average molecular weight is 358 g/mol.